The fourth-order valence-electron chi connectivity index (χ4n) is 1.53. The van der Waals surface area contributed by atoms with E-state index >= 15 is 0 Å². The first-order valence-electron chi connectivity index (χ1n) is 5.82. The number of carbonyl (C=O) groups excluding carboxylic acids is 2. The highest BCUT2D eigenvalue weighted by Gasteiger charge is 2.05. The molecule has 3 N–H and O–H groups in total. The molecule has 0 unspecified atom stereocenters. The molecule has 98 valence electrons. The van der Waals surface area contributed by atoms with Crippen LogP contribution in [0.15, 0.2) is 18.2 Å². The van der Waals surface area contributed by atoms with Crippen molar-refractivity contribution in [2.24, 2.45) is 0 Å². The maximum absolute atomic E-state index is 11.5. The highest BCUT2D eigenvalue weighted by atomic mass is 16.3. The van der Waals surface area contributed by atoms with Crippen LogP contribution < -0.4 is 10.6 Å². The molecule has 0 spiro atoms. The summed E-state index contributed by atoms with van der Waals surface area (Å²) < 4.78 is 0. The Morgan fingerprint density at radius 1 is 1.28 bits per heavy atom. The Labute approximate surface area is 106 Å². The maximum atomic E-state index is 11.5. The van der Waals surface area contributed by atoms with Crippen molar-refractivity contribution in [3.05, 3.63) is 23.8 Å². The predicted octanol–water partition coefficient (Wildman–Crippen LogP) is 1.66. The molecular formula is C13H18N2O3. The molecule has 0 saturated carbocycles. The summed E-state index contributed by atoms with van der Waals surface area (Å²) in [7, 11) is 0. The van der Waals surface area contributed by atoms with Crippen LogP contribution in [0.1, 0.15) is 25.3 Å². The van der Waals surface area contributed by atoms with Gasteiger partial charge in [-0.25, -0.2) is 0 Å². The molecule has 18 heavy (non-hydrogen) atoms. The van der Waals surface area contributed by atoms with E-state index in [2.05, 4.69) is 10.6 Å². The van der Waals surface area contributed by atoms with Crippen molar-refractivity contribution in [1.82, 2.24) is 0 Å². The van der Waals surface area contributed by atoms with Gasteiger partial charge in [-0.3, -0.25) is 9.59 Å². The van der Waals surface area contributed by atoms with E-state index in [9.17, 15) is 9.59 Å². The second-order valence-corrected chi connectivity index (χ2v) is 4.09. The summed E-state index contributed by atoms with van der Waals surface area (Å²) in [5.74, 6) is -0.256. The van der Waals surface area contributed by atoms with E-state index in [-0.39, 0.29) is 18.4 Å². The average Bonchev–Trinajstić information content (AvgIpc) is 2.29. The number of nitrogens with one attached hydrogen (secondary N) is 2. The Kier molecular flexibility index (Phi) is 5.32. The Morgan fingerprint density at radius 2 is 2.00 bits per heavy atom. The minimum Gasteiger partial charge on any atom is -0.396 e. The molecule has 0 aliphatic rings. The smallest absolute Gasteiger partial charge is 0.224 e. The van der Waals surface area contributed by atoms with Crippen LogP contribution in [0.5, 0.6) is 0 Å². The van der Waals surface area contributed by atoms with Gasteiger partial charge in [0.1, 0.15) is 0 Å². The quantitative estimate of drug-likeness (QED) is 0.743. The minimum atomic E-state index is -0.129. The van der Waals surface area contributed by atoms with Gasteiger partial charge in [-0.2, -0.15) is 0 Å². The third kappa shape index (κ3) is 4.55. The topological polar surface area (TPSA) is 78.4 Å². The van der Waals surface area contributed by atoms with Crippen LogP contribution in [0.25, 0.3) is 0 Å². The van der Waals surface area contributed by atoms with Gasteiger partial charge in [0, 0.05) is 31.3 Å². The molecule has 1 aromatic rings. The van der Waals surface area contributed by atoms with Gasteiger partial charge >= 0.3 is 0 Å². The number of aliphatic hydroxyl groups excluding tert-OH is 1. The van der Waals surface area contributed by atoms with Crippen LogP contribution in [0.2, 0.25) is 0 Å². The number of aliphatic hydroxyl groups is 1. The molecule has 2 amide bonds. The van der Waals surface area contributed by atoms with Crippen LogP contribution in [-0.2, 0) is 9.59 Å². The van der Waals surface area contributed by atoms with Crippen molar-refractivity contribution >= 4 is 23.2 Å². The molecule has 0 fully saturated rings. The molecule has 0 saturated heterocycles. The van der Waals surface area contributed by atoms with Crippen molar-refractivity contribution < 1.29 is 14.7 Å². The zero-order valence-electron chi connectivity index (χ0n) is 10.6. The summed E-state index contributed by atoms with van der Waals surface area (Å²) in [6.07, 6.45) is 0.748. The molecule has 1 rings (SSSR count). The maximum Gasteiger partial charge on any atom is 0.224 e. The number of anilines is 2. The second-order valence-electron chi connectivity index (χ2n) is 4.09. The van der Waals surface area contributed by atoms with Gasteiger partial charge in [0.25, 0.3) is 0 Å². The first-order valence-corrected chi connectivity index (χ1v) is 5.82. The molecule has 0 aromatic heterocycles. The first kappa shape index (κ1) is 14.2. The molecule has 0 bridgehead atoms. The average molecular weight is 250 g/mol. The van der Waals surface area contributed by atoms with Gasteiger partial charge < -0.3 is 15.7 Å². The lowest BCUT2D eigenvalue weighted by atomic mass is 10.1. The third-order valence-electron chi connectivity index (χ3n) is 2.38. The number of amides is 2. The highest BCUT2D eigenvalue weighted by molar-refractivity contribution is 5.92. The number of rotatable bonds is 5. The van der Waals surface area contributed by atoms with Crippen LogP contribution in [0, 0.1) is 6.92 Å². The number of benzene rings is 1. The molecule has 0 radical (unpaired) electrons. The summed E-state index contributed by atoms with van der Waals surface area (Å²) in [5.41, 5.74) is 2.30. The van der Waals surface area contributed by atoms with E-state index in [0.29, 0.717) is 18.5 Å². The zero-order valence-corrected chi connectivity index (χ0v) is 10.6. The van der Waals surface area contributed by atoms with E-state index in [1.54, 1.807) is 18.2 Å². The van der Waals surface area contributed by atoms with Crippen molar-refractivity contribution in [1.29, 1.82) is 0 Å². The van der Waals surface area contributed by atoms with Crippen LogP contribution in [-0.4, -0.2) is 23.5 Å². The van der Waals surface area contributed by atoms with Gasteiger partial charge in [0.2, 0.25) is 11.8 Å². The number of aryl methyl sites for hydroxylation is 1. The highest BCUT2D eigenvalue weighted by Crippen LogP contribution is 2.19. The lowest BCUT2D eigenvalue weighted by Gasteiger charge is -2.10. The summed E-state index contributed by atoms with van der Waals surface area (Å²) in [6.45, 7) is 3.31. The summed E-state index contributed by atoms with van der Waals surface area (Å²) in [6, 6.07) is 5.27. The van der Waals surface area contributed by atoms with Gasteiger partial charge in [-0.15, -0.1) is 0 Å². The fourth-order valence-corrected chi connectivity index (χ4v) is 1.53. The standard InChI is InChI=1S/C13H18N2O3/c1-9-8-11(15-13(18)4-3-7-16)5-6-12(9)14-10(2)17/h5-6,8,16H,3-4,7H2,1-2H3,(H,14,17)(H,15,18). The predicted molar refractivity (Wildman–Crippen MR) is 70.4 cm³/mol. The molecule has 0 aliphatic carbocycles. The molecule has 5 nitrogen and oxygen atoms in total. The minimum absolute atomic E-state index is 0.00785. The van der Waals surface area contributed by atoms with Crippen molar-refractivity contribution in [3.63, 3.8) is 0 Å². The van der Waals surface area contributed by atoms with Gasteiger partial charge in [0.05, 0.1) is 0 Å². The molecule has 5 heteroatoms. The van der Waals surface area contributed by atoms with Crippen LogP contribution in [0.3, 0.4) is 0 Å². The second kappa shape index (κ2) is 6.76. The molecule has 0 aliphatic heterocycles. The molecule has 1 aromatic carbocycles. The lowest BCUT2D eigenvalue weighted by molar-refractivity contribution is -0.116. The van der Waals surface area contributed by atoms with Crippen molar-refractivity contribution in [3.8, 4) is 0 Å². The Hall–Kier alpha value is -1.88. The van der Waals surface area contributed by atoms with Gasteiger partial charge in [-0.05, 0) is 37.1 Å². The lowest BCUT2D eigenvalue weighted by Crippen LogP contribution is -2.12. The molecule has 0 heterocycles. The number of hydrogen-bond acceptors (Lipinski definition) is 3. The largest absolute Gasteiger partial charge is 0.396 e. The first-order chi connectivity index (χ1) is 8.52. The summed E-state index contributed by atoms with van der Waals surface area (Å²) in [4.78, 5) is 22.4. The van der Waals surface area contributed by atoms with Crippen LogP contribution >= 0.6 is 0 Å². The van der Waals surface area contributed by atoms with E-state index in [0.717, 1.165) is 11.3 Å². The summed E-state index contributed by atoms with van der Waals surface area (Å²) >= 11 is 0. The molecule has 0 atom stereocenters. The Bertz CT molecular complexity index is 444. The van der Waals surface area contributed by atoms with Crippen LogP contribution in [0.4, 0.5) is 11.4 Å². The molecular weight excluding hydrogens is 232 g/mol. The number of carbonyl (C=O) groups is 2. The normalized spacial score (nSPS) is 9.94. The Morgan fingerprint density at radius 3 is 2.56 bits per heavy atom. The monoisotopic (exact) mass is 250 g/mol. The van der Waals surface area contributed by atoms with Crippen molar-refractivity contribution in [2.45, 2.75) is 26.7 Å². The summed E-state index contributed by atoms with van der Waals surface area (Å²) in [5, 5.41) is 14.1. The van der Waals surface area contributed by atoms with E-state index in [4.69, 9.17) is 5.11 Å². The SMILES string of the molecule is CC(=O)Nc1ccc(NC(=O)CCCO)cc1C. The van der Waals surface area contributed by atoms with Gasteiger partial charge in [-0.1, -0.05) is 0 Å². The van der Waals surface area contributed by atoms with Gasteiger partial charge in [0.15, 0.2) is 0 Å². The third-order valence-corrected chi connectivity index (χ3v) is 2.38. The number of hydrogen-bond donors (Lipinski definition) is 3. The van der Waals surface area contributed by atoms with E-state index in [1.807, 2.05) is 6.92 Å². The van der Waals surface area contributed by atoms with E-state index < -0.39 is 0 Å². The fraction of sp³-hybridized carbons (Fsp3) is 0.385. The van der Waals surface area contributed by atoms with E-state index in [1.165, 1.54) is 6.92 Å². The Balaban J connectivity index is 2.66. The zero-order chi connectivity index (χ0) is 13.5. The van der Waals surface area contributed by atoms with Crippen molar-refractivity contribution in [2.75, 3.05) is 17.2 Å².